The fraction of sp³-hybridized carbons (Fsp3) is 0.0952. The Labute approximate surface area is 173 Å². The molecule has 3 aromatic rings. The predicted molar refractivity (Wildman–Crippen MR) is 113 cm³/mol. The van der Waals surface area contributed by atoms with Crippen molar-refractivity contribution in [1.29, 1.82) is 0 Å². The Bertz CT molecular complexity index is 1160. The summed E-state index contributed by atoms with van der Waals surface area (Å²) in [5.41, 5.74) is 2.44. The van der Waals surface area contributed by atoms with E-state index in [9.17, 15) is 18.3 Å². The van der Waals surface area contributed by atoms with Crippen LogP contribution in [0.3, 0.4) is 0 Å². The first-order valence-corrected chi connectivity index (χ1v) is 10.3. The van der Waals surface area contributed by atoms with Crippen LogP contribution in [0.25, 0.3) is 11.1 Å². The van der Waals surface area contributed by atoms with Crippen molar-refractivity contribution in [3.05, 3.63) is 72.3 Å². The van der Waals surface area contributed by atoms with Gasteiger partial charge in [-0.25, -0.2) is 13.2 Å². The van der Waals surface area contributed by atoms with E-state index in [0.29, 0.717) is 16.8 Å². The number of sulfonamides is 1. The highest BCUT2D eigenvalue weighted by molar-refractivity contribution is 7.92. The Balaban J connectivity index is 1.83. The van der Waals surface area contributed by atoms with E-state index < -0.39 is 16.1 Å². The maximum Gasteiger partial charge on any atom is 0.411 e. The average molecular weight is 428 g/mol. The van der Waals surface area contributed by atoms with Gasteiger partial charge in [-0.15, -0.1) is 0 Å². The molecule has 9 heteroatoms. The van der Waals surface area contributed by atoms with E-state index >= 15 is 0 Å². The first-order chi connectivity index (χ1) is 14.3. The van der Waals surface area contributed by atoms with Gasteiger partial charge in [0, 0.05) is 17.3 Å². The summed E-state index contributed by atoms with van der Waals surface area (Å²) in [6, 6.07) is 17.3. The maximum atomic E-state index is 12.8. The van der Waals surface area contributed by atoms with Crippen molar-refractivity contribution >= 4 is 27.5 Å². The molecule has 4 N–H and O–H groups in total. The predicted octanol–water partition coefficient (Wildman–Crippen LogP) is 3.53. The second-order valence-corrected chi connectivity index (χ2v) is 8.01. The number of aliphatic hydroxyl groups excluding tert-OH is 1. The smallest absolute Gasteiger partial charge is 0.411 e. The third-order valence-electron chi connectivity index (χ3n) is 4.30. The molecule has 0 aliphatic rings. The third kappa shape index (κ3) is 4.88. The van der Waals surface area contributed by atoms with Crippen molar-refractivity contribution in [2.75, 3.05) is 17.1 Å². The van der Waals surface area contributed by atoms with Crippen LogP contribution in [0.1, 0.15) is 5.56 Å². The zero-order chi connectivity index (χ0) is 21.7. The molecule has 0 radical (unpaired) electrons. The number of aromatic hydroxyl groups is 1. The van der Waals surface area contributed by atoms with E-state index in [4.69, 9.17) is 5.11 Å². The molecule has 0 aromatic heterocycles. The van der Waals surface area contributed by atoms with Crippen molar-refractivity contribution in [2.24, 2.45) is 0 Å². The lowest BCUT2D eigenvalue weighted by Gasteiger charge is -2.11. The molecule has 30 heavy (non-hydrogen) atoms. The molecule has 8 nitrogen and oxygen atoms in total. The molecule has 0 aliphatic heterocycles. The quantitative estimate of drug-likeness (QED) is 0.476. The highest BCUT2D eigenvalue weighted by Gasteiger charge is 2.16. The van der Waals surface area contributed by atoms with Gasteiger partial charge in [0.25, 0.3) is 10.0 Å². The van der Waals surface area contributed by atoms with Gasteiger partial charge in [0.15, 0.2) is 0 Å². The van der Waals surface area contributed by atoms with Gasteiger partial charge in [0.1, 0.15) is 5.75 Å². The minimum Gasteiger partial charge on any atom is -0.508 e. The van der Waals surface area contributed by atoms with Crippen LogP contribution in [0.4, 0.5) is 16.2 Å². The van der Waals surface area contributed by atoms with Crippen LogP contribution in [-0.2, 0) is 21.4 Å². The molecule has 3 rings (SSSR count). The lowest BCUT2D eigenvalue weighted by atomic mass is 10.1. The topological polar surface area (TPSA) is 125 Å². The molecule has 0 atom stereocenters. The van der Waals surface area contributed by atoms with Gasteiger partial charge in [-0.2, -0.15) is 0 Å². The molecule has 0 saturated heterocycles. The number of carbonyl (C=O) groups excluding carboxylic acids is 1. The van der Waals surface area contributed by atoms with Gasteiger partial charge in [-0.05, 0) is 41.5 Å². The monoisotopic (exact) mass is 428 g/mol. The van der Waals surface area contributed by atoms with Crippen molar-refractivity contribution in [1.82, 2.24) is 0 Å². The average Bonchev–Trinajstić information content (AvgIpc) is 2.74. The number of ether oxygens (including phenoxy) is 1. The second kappa shape index (κ2) is 8.85. The molecule has 0 saturated carbocycles. The SMILES string of the molecule is COC(=O)Nc1ccc(-c2cccc(S(=O)(=O)Nc3ccc(CO)c(O)c3)c2)cc1. The number of rotatable bonds is 6. The van der Waals surface area contributed by atoms with Gasteiger partial charge >= 0.3 is 6.09 Å². The number of nitrogens with one attached hydrogen (secondary N) is 2. The molecule has 0 fully saturated rings. The molecular weight excluding hydrogens is 408 g/mol. The van der Waals surface area contributed by atoms with E-state index in [0.717, 1.165) is 5.56 Å². The molecule has 156 valence electrons. The summed E-state index contributed by atoms with van der Waals surface area (Å²) in [6.07, 6.45) is -0.583. The molecule has 0 bridgehead atoms. The number of amides is 1. The van der Waals surface area contributed by atoms with E-state index in [1.165, 1.54) is 37.4 Å². The van der Waals surface area contributed by atoms with Gasteiger partial charge in [-0.3, -0.25) is 10.0 Å². The number of carbonyl (C=O) groups is 1. The number of hydrogen-bond acceptors (Lipinski definition) is 6. The van der Waals surface area contributed by atoms with Crippen LogP contribution in [0, 0.1) is 0 Å². The minimum atomic E-state index is -3.90. The molecule has 0 heterocycles. The minimum absolute atomic E-state index is 0.0440. The molecule has 0 spiro atoms. The lowest BCUT2D eigenvalue weighted by molar-refractivity contribution is 0.187. The molecular formula is C21H20N2O6S. The lowest BCUT2D eigenvalue weighted by Crippen LogP contribution is -2.13. The third-order valence-corrected chi connectivity index (χ3v) is 5.68. The maximum absolute atomic E-state index is 12.8. The Morgan fingerprint density at radius 1 is 0.967 bits per heavy atom. The van der Waals surface area contributed by atoms with Crippen LogP contribution in [0.5, 0.6) is 5.75 Å². The molecule has 0 aliphatic carbocycles. The number of aliphatic hydroxyl groups is 1. The van der Waals surface area contributed by atoms with E-state index in [1.54, 1.807) is 36.4 Å². The Hall–Kier alpha value is -3.56. The summed E-state index contributed by atoms with van der Waals surface area (Å²) < 4.78 is 32.5. The van der Waals surface area contributed by atoms with Gasteiger partial charge in [0.05, 0.1) is 24.3 Å². The first-order valence-electron chi connectivity index (χ1n) is 8.83. The summed E-state index contributed by atoms with van der Waals surface area (Å²) in [4.78, 5) is 11.3. The summed E-state index contributed by atoms with van der Waals surface area (Å²) in [5.74, 6) is -0.202. The van der Waals surface area contributed by atoms with Crippen molar-refractivity contribution < 1.29 is 28.2 Å². The Kier molecular flexibility index (Phi) is 6.24. The zero-order valence-electron chi connectivity index (χ0n) is 16.0. The van der Waals surface area contributed by atoms with Crippen molar-refractivity contribution in [2.45, 2.75) is 11.5 Å². The standard InChI is InChI=1S/C21H20N2O6S/c1-29-21(26)22-17-8-5-14(6-9-17)15-3-2-4-19(11-15)30(27,28)23-18-10-7-16(13-24)20(25)12-18/h2-12,23-25H,13H2,1H3,(H,22,26). The van der Waals surface area contributed by atoms with E-state index in [1.807, 2.05) is 0 Å². The number of methoxy groups -OCH3 is 1. The van der Waals surface area contributed by atoms with Gasteiger partial charge < -0.3 is 14.9 Å². The highest BCUT2D eigenvalue weighted by Crippen LogP contribution is 2.27. The Morgan fingerprint density at radius 3 is 2.30 bits per heavy atom. The van der Waals surface area contributed by atoms with Crippen LogP contribution >= 0.6 is 0 Å². The summed E-state index contributed by atoms with van der Waals surface area (Å²) in [5, 5.41) is 21.5. The molecule has 1 amide bonds. The van der Waals surface area contributed by atoms with Crippen molar-refractivity contribution in [3.8, 4) is 16.9 Å². The second-order valence-electron chi connectivity index (χ2n) is 6.33. The van der Waals surface area contributed by atoms with Crippen LogP contribution in [-0.4, -0.2) is 31.8 Å². The summed E-state index contributed by atoms with van der Waals surface area (Å²) in [7, 11) is -2.63. The Morgan fingerprint density at radius 2 is 1.67 bits per heavy atom. The number of hydrogen-bond donors (Lipinski definition) is 4. The normalized spacial score (nSPS) is 11.0. The molecule has 3 aromatic carbocycles. The van der Waals surface area contributed by atoms with Gasteiger partial charge in [-0.1, -0.05) is 30.3 Å². The van der Waals surface area contributed by atoms with Crippen LogP contribution in [0.2, 0.25) is 0 Å². The van der Waals surface area contributed by atoms with Gasteiger partial charge in [0.2, 0.25) is 0 Å². The van der Waals surface area contributed by atoms with Crippen LogP contribution in [0.15, 0.2) is 71.6 Å². The number of anilines is 2. The highest BCUT2D eigenvalue weighted by atomic mass is 32.2. The van der Waals surface area contributed by atoms with Crippen molar-refractivity contribution in [3.63, 3.8) is 0 Å². The zero-order valence-corrected chi connectivity index (χ0v) is 16.8. The van der Waals surface area contributed by atoms with E-state index in [-0.39, 0.29) is 22.9 Å². The first kappa shape index (κ1) is 21.2. The number of phenols is 1. The fourth-order valence-corrected chi connectivity index (χ4v) is 3.83. The van der Waals surface area contributed by atoms with E-state index in [2.05, 4.69) is 14.8 Å². The summed E-state index contributed by atoms with van der Waals surface area (Å²) >= 11 is 0. The fourth-order valence-electron chi connectivity index (χ4n) is 2.73. The molecule has 0 unspecified atom stereocenters. The summed E-state index contributed by atoms with van der Waals surface area (Å²) in [6.45, 7) is -0.352. The van der Waals surface area contributed by atoms with Crippen LogP contribution < -0.4 is 10.0 Å². The number of benzene rings is 3. The largest absolute Gasteiger partial charge is 0.508 e.